The monoisotopic (exact) mass is 264 g/mol. The van der Waals surface area contributed by atoms with Crippen LogP contribution in [-0.4, -0.2) is 5.91 Å². The normalized spacial score (nSPS) is 10.4. The molecule has 0 aromatic carbocycles. The summed E-state index contributed by atoms with van der Waals surface area (Å²) in [7, 11) is 0. The van der Waals surface area contributed by atoms with E-state index in [0.29, 0.717) is 10.6 Å². The van der Waals surface area contributed by atoms with E-state index in [0.717, 1.165) is 29.7 Å². The summed E-state index contributed by atoms with van der Waals surface area (Å²) in [6.07, 6.45) is 2.48. The third-order valence-electron chi connectivity index (χ3n) is 3.27. The average molecular weight is 264 g/mol. The van der Waals surface area contributed by atoms with Gasteiger partial charge in [-0.2, -0.15) is 5.26 Å². The van der Waals surface area contributed by atoms with E-state index in [1.165, 1.54) is 11.3 Å². The molecule has 0 bridgehead atoms. The zero-order valence-corrected chi connectivity index (χ0v) is 12.3. The summed E-state index contributed by atoms with van der Waals surface area (Å²) in [5.74, 6) is 0.0597. The SMILES string of the molecule is CCc1c(C)sc(NC(=O)C(CC)CC)c1C#N. The number of anilines is 1. The van der Waals surface area contributed by atoms with Gasteiger partial charge in [0, 0.05) is 10.8 Å². The van der Waals surface area contributed by atoms with Gasteiger partial charge in [0.1, 0.15) is 11.1 Å². The molecule has 98 valence electrons. The number of amides is 1. The zero-order chi connectivity index (χ0) is 13.7. The molecule has 0 aliphatic carbocycles. The van der Waals surface area contributed by atoms with Gasteiger partial charge in [-0.15, -0.1) is 11.3 Å². The molecule has 1 rings (SSSR count). The smallest absolute Gasteiger partial charge is 0.228 e. The first-order valence-electron chi connectivity index (χ1n) is 6.42. The maximum Gasteiger partial charge on any atom is 0.228 e. The molecule has 0 radical (unpaired) electrons. The second-order valence-corrected chi connectivity index (χ2v) is 5.53. The Morgan fingerprint density at radius 1 is 1.39 bits per heavy atom. The van der Waals surface area contributed by atoms with Gasteiger partial charge in [0.2, 0.25) is 5.91 Å². The molecule has 1 aromatic rings. The highest BCUT2D eigenvalue weighted by atomic mass is 32.1. The molecular formula is C14H20N2OS. The molecule has 3 nitrogen and oxygen atoms in total. The lowest BCUT2D eigenvalue weighted by molar-refractivity contribution is -0.120. The molecule has 0 aliphatic rings. The lowest BCUT2D eigenvalue weighted by atomic mass is 10.0. The Morgan fingerprint density at radius 2 is 2.00 bits per heavy atom. The molecule has 0 spiro atoms. The molecule has 4 heteroatoms. The van der Waals surface area contributed by atoms with Gasteiger partial charge in [0.05, 0.1) is 5.56 Å². The lowest BCUT2D eigenvalue weighted by Gasteiger charge is -2.11. The van der Waals surface area contributed by atoms with Gasteiger partial charge in [0.25, 0.3) is 0 Å². The van der Waals surface area contributed by atoms with E-state index < -0.39 is 0 Å². The molecule has 0 saturated heterocycles. The van der Waals surface area contributed by atoms with Gasteiger partial charge in [-0.25, -0.2) is 0 Å². The zero-order valence-electron chi connectivity index (χ0n) is 11.5. The van der Waals surface area contributed by atoms with Crippen molar-refractivity contribution in [3.63, 3.8) is 0 Å². The minimum Gasteiger partial charge on any atom is -0.316 e. The van der Waals surface area contributed by atoms with Crippen LogP contribution in [0.25, 0.3) is 0 Å². The maximum atomic E-state index is 12.0. The highest BCUT2D eigenvalue weighted by molar-refractivity contribution is 7.16. The van der Waals surface area contributed by atoms with Crippen molar-refractivity contribution < 1.29 is 4.79 Å². The Kier molecular flexibility index (Phi) is 5.36. The van der Waals surface area contributed by atoms with Gasteiger partial charge in [-0.05, 0) is 31.7 Å². The maximum absolute atomic E-state index is 12.0. The molecular weight excluding hydrogens is 244 g/mol. The van der Waals surface area contributed by atoms with Crippen molar-refractivity contribution in [3.8, 4) is 6.07 Å². The van der Waals surface area contributed by atoms with Crippen LogP contribution in [0.1, 0.15) is 49.6 Å². The van der Waals surface area contributed by atoms with Crippen LogP contribution >= 0.6 is 11.3 Å². The largest absolute Gasteiger partial charge is 0.316 e. The Hall–Kier alpha value is -1.34. The number of thiophene rings is 1. The summed E-state index contributed by atoms with van der Waals surface area (Å²) >= 11 is 1.50. The van der Waals surface area contributed by atoms with Gasteiger partial charge in [0.15, 0.2) is 0 Å². The summed E-state index contributed by atoms with van der Waals surface area (Å²) < 4.78 is 0. The number of nitrogens with one attached hydrogen (secondary N) is 1. The lowest BCUT2D eigenvalue weighted by Crippen LogP contribution is -2.21. The van der Waals surface area contributed by atoms with Crippen LogP contribution in [0.2, 0.25) is 0 Å². The Balaban J connectivity index is 2.99. The minimum atomic E-state index is 0.0282. The molecule has 1 N–H and O–H groups in total. The fraction of sp³-hybridized carbons (Fsp3) is 0.571. The number of aryl methyl sites for hydroxylation is 1. The molecule has 0 unspecified atom stereocenters. The van der Waals surface area contributed by atoms with E-state index in [4.69, 9.17) is 0 Å². The van der Waals surface area contributed by atoms with Crippen LogP contribution < -0.4 is 5.32 Å². The van der Waals surface area contributed by atoms with Crippen LogP contribution in [0.5, 0.6) is 0 Å². The van der Waals surface area contributed by atoms with Crippen molar-refractivity contribution in [1.29, 1.82) is 5.26 Å². The highest BCUT2D eigenvalue weighted by Crippen LogP contribution is 2.33. The van der Waals surface area contributed by atoms with Crippen molar-refractivity contribution in [3.05, 3.63) is 16.0 Å². The molecule has 0 aliphatic heterocycles. The topological polar surface area (TPSA) is 52.9 Å². The predicted octanol–water partition coefficient (Wildman–Crippen LogP) is 3.87. The Morgan fingerprint density at radius 3 is 2.44 bits per heavy atom. The first-order valence-corrected chi connectivity index (χ1v) is 7.23. The van der Waals surface area contributed by atoms with E-state index in [1.54, 1.807) is 0 Å². The molecule has 1 amide bonds. The first kappa shape index (κ1) is 14.7. The summed E-state index contributed by atoms with van der Waals surface area (Å²) in [4.78, 5) is 13.2. The minimum absolute atomic E-state index is 0.0282. The van der Waals surface area contributed by atoms with E-state index in [2.05, 4.69) is 11.4 Å². The van der Waals surface area contributed by atoms with Crippen molar-refractivity contribution in [1.82, 2.24) is 0 Å². The number of hydrogen-bond donors (Lipinski definition) is 1. The molecule has 0 atom stereocenters. The van der Waals surface area contributed by atoms with Crippen LogP contribution in [-0.2, 0) is 11.2 Å². The highest BCUT2D eigenvalue weighted by Gasteiger charge is 2.19. The van der Waals surface area contributed by atoms with E-state index >= 15 is 0 Å². The summed E-state index contributed by atoms with van der Waals surface area (Å²) in [5.41, 5.74) is 1.70. The molecule has 1 aromatic heterocycles. The summed E-state index contributed by atoms with van der Waals surface area (Å²) in [6, 6.07) is 2.21. The fourth-order valence-corrected chi connectivity index (χ4v) is 3.18. The van der Waals surface area contributed by atoms with Crippen molar-refractivity contribution in [2.24, 2.45) is 5.92 Å². The number of carbonyl (C=O) groups excluding carboxylic acids is 1. The van der Waals surface area contributed by atoms with Crippen molar-refractivity contribution >= 4 is 22.2 Å². The number of hydrogen-bond acceptors (Lipinski definition) is 3. The summed E-state index contributed by atoms with van der Waals surface area (Å²) in [5, 5.41) is 12.8. The molecule has 1 heterocycles. The van der Waals surface area contributed by atoms with E-state index in [1.807, 2.05) is 27.7 Å². The van der Waals surface area contributed by atoms with Crippen LogP contribution in [0.3, 0.4) is 0 Å². The number of carbonyl (C=O) groups is 1. The van der Waals surface area contributed by atoms with Gasteiger partial charge in [-0.3, -0.25) is 4.79 Å². The quantitative estimate of drug-likeness (QED) is 0.877. The molecule has 0 saturated carbocycles. The van der Waals surface area contributed by atoms with Crippen LogP contribution in [0, 0.1) is 24.2 Å². The number of rotatable bonds is 5. The number of nitrogens with zero attached hydrogens (tertiary/aromatic N) is 1. The van der Waals surface area contributed by atoms with Crippen LogP contribution in [0.15, 0.2) is 0 Å². The Bertz CT molecular complexity index is 467. The van der Waals surface area contributed by atoms with Gasteiger partial charge < -0.3 is 5.32 Å². The van der Waals surface area contributed by atoms with Crippen molar-refractivity contribution in [2.45, 2.75) is 47.0 Å². The fourth-order valence-electron chi connectivity index (χ4n) is 2.08. The van der Waals surface area contributed by atoms with Gasteiger partial charge in [-0.1, -0.05) is 20.8 Å². The second kappa shape index (κ2) is 6.55. The van der Waals surface area contributed by atoms with Crippen LogP contribution in [0.4, 0.5) is 5.00 Å². The van der Waals surface area contributed by atoms with E-state index in [-0.39, 0.29) is 11.8 Å². The second-order valence-electron chi connectivity index (χ2n) is 4.31. The third-order valence-corrected chi connectivity index (χ3v) is 4.33. The number of nitriles is 1. The molecule has 0 fully saturated rings. The molecule has 18 heavy (non-hydrogen) atoms. The standard InChI is InChI=1S/C14H20N2OS/c1-5-10(6-2)13(17)16-14-12(8-15)11(7-3)9(4)18-14/h10H,5-7H2,1-4H3,(H,16,17). The summed E-state index contributed by atoms with van der Waals surface area (Å²) in [6.45, 7) is 8.05. The van der Waals surface area contributed by atoms with E-state index in [9.17, 15) is 10.1 Å². The Labute approximate surface area is 113 Å². The predicted molar refractivity (Wildman–Crippen MR) is 75.9 cm³/mol. The first-order chi connectivity index (χ1) is 8.58. The van der Waals surface area contributed by atoms with Gasteiger partial charge >= 0.3 is 0 Å². The average Bonchev–Trinajstić information content (AvgIpc) is 2.65. The van der Waals surface area contributed by atoms with Crippen molar-refractivity contribution in [2.75, 3.05) is 5.32 Å². The third kappa shape index (κ3) is 2.91.